The van der Waals surface area contributed by atoms with Gasteiger partial charge in [-0.1, -0.05) is 0 Å². The van der Waals surface area contributed by atoms with Crippen molar-refractivity contribution >= 4 is 0 Å². The minimum absolute atomic E-state index is 0.499. The van der Waals surface area contributed by atoms with E-state index in [1.54, 1.807) is 26.7 Å². The third-order valence-electron chi connectivity index (χ3n) is 3.11. The van der Waals surface area contributed by atoms with Gasteiger partial charge in [0.2, 0.25) is 5.75 Å². The van der Waals surface area contributed by atoms with Crippen molar-refractivity contribution < 1.29 is 14.2 Å². The molecule has 0 amide bonds. The SMILES string of the molecule is COc1cc(CCN)cc(OC)c1OCCn1ccnc1. The van der Waals surface area contributed by atoms with E-state index < -0.39 is 0 Å². The summed E-state index contributed by atoms with van der Waals surface area (Å²) in [6.07, 6.45) is 6.15. The molecule has 0 saturated carbocycles. The summed E-state index contributed by atoms with van der Waals surface area (Å²) in [6.45, 7) is 1.78. The molecule has 0 unspecified atom stereocenters. The van der Waals surface area contributed by atoms with E-state index in [4.69, 9.17) is 19.9 Å². The molecule has 6 nitrogen and oxygen atoms in total. The molecule has 0 saturated heterocycles. The smallest absolute Gasteiger partial charge is 0.203 e. The standard InChI is InChI=1S/C15H21N3O3/c1-19-13-9-12(3-4-16)10-14(20-2)15(13)21-8-7-18-6-5-17-11-18/h5-6,9-11H,3-4,7-8,16H2,1-2H3. The van der Waals surface area contributed by atoms with E-state index in [9.17, 15) is 0 Å². The number of methoxy groups -OCH3 is 2. The molecule has 21 heavy (non-hydrogen) atoms. The van der Waals surface area contributed by atoms with Gasteiger partial charge in [-0.05, 0) is 30.7 Å². The zero-order valence-electron chi connectivity index (χ0n) is 12.4. The van der Waals surface area contributed by atoms with Crippen molar-refractivity contribution in [1.82, 2.24) is 9.55 Å². The van der Waals surface area contributed by atoms with Crippen LogP contribution in [0.3, 0.4) is 0 Å². The Morgan fingerprint density at radius 2 is 1.90 bits per heavy atom. The normalized spacial score (nSPS) is 10.4. The number of aromatic nitrogens is 2. The van der Waals surface area contributed by atoms with Gasteiger partial charge in [-0.15, -0.1) is 0 Å². The van der Waals surface area contributed by atoms with Gasteiger partial charge in [0.25, 0.3) is 0 Å². The van der Waals surface area contributed by atoms with Gasteiger partial charge in [0.15, 0.2) is 11.5 Å². The molecule has 114 valence electrons. The van der Waals surface area contributed by atoms with Gasteiger partial charge in [0, 0.05) is 12.4 Å². The Morgan fingerprint density at radius 3 is 2.43 bits per heavy atom. The lowest BCUT2D eigenvalue weighted by molar-refractivity contribution is 0.262. The highest BCUT2D eigenvalue weighted by Gasteiger charge is 2.14. The highest BCUT2D eigenvalue weighted by atomic mass is 16.5. The van der Waals surface area contributed by atoms with E-state index in [-0.39, 0.29) is 0 Å². The number of ether oxygens (including phenoxy) is 3. The van der Waals surface area contributed by atoms with Gasteiger partial charge >= 0.3 is 0 Å². The lowest BCUT2D eigenvalue weighted by Gasteiger charge is -2.16. The molecule has 0 radical (unpaired) electrons. The van der Waals surface area contributed by atoms with E-state index in [0.29, 0.717) is 36.9 Å². The van der Waals surface area contributed by atoms with Crippen molar-refractivity contribution in [3.05, 3.63) is 36.4 Å². The number of nitrogens with zero attached hydrogens (tertiary/aromatic N) is 2. The highest BCUT2D eigenvalue weighted by molar-refractivity contribution is 5.54. The summed E-state index contributed by atoms with van der Waals surface area (Å²) in [6, 6.07) is 3.86. The molecular weight excluding hydrogens is 270 g/mol. The Morgan fingerprint density at radius 1 is 1.19 bits per heavy atom. The monoisotopic (exact) mass is 291 g/mol. The van der Waals surface area contributed by atoms with E-state index in [1.807, 2.05) is 22.9 Å². The highest BCUT2D eigenvalue weighted by Crippen LogP contribution is 2.38. The average molecular weight is 291 g/mol. The molecular formula is C15H21N3O3. The fourth-order valence-electron chi connectivity index (χ4n) is 2.06. The molecule has 0 spiro atoms. The third kappa shape index (κ3) is 3.88. The van der Waals surface area contributed by atoms with Crippen LogP contribution >= 0.6 is 0 Å². The molecule has 2 N–H and O–H groups in total. The Kier molecular flexibility index (Phi) is 5.45. The van der Waals surface area contributed by atoms with Crippen molar-refractivity contribution in [2.45, 2.75) is 13.0 Å². The maximum atomic E-state index is 5.83. The molecule has 1 heterocycles. The number of hydrogen-bond acceptors (Lipinski definition) is 5. The summed E-state index contributed by atoms with van der Waals surface area (Å²) < 4.78 is 18.6. The number of nitrogens with two attached hydrogens (primary N) is 1. The molecule has 2 rings (SSSR count). The first-order valence-electron chi connectivity index (χ1n) is 6.82. The second-order valence-corrected chi connectivity index (χ2v) is 4.52. The van der Waals surface area contributed by atoms with Gasteiger partial charge in [0.1, 0.15) is 6.61 Å². The molecule has 1 aromatic carbocycles. The first kappa shape index (κ1) is 15.2. The minimum Gasteiger partial charge on any atom is -0.493 e. The molecule has 0 aliphatic carbocycles. The average Bonchev–Trinajstić information content (AvgIpc) is 3.01. The Balaban J connectivity index is 2.12. The summed E-state index contributed by atoms with van der Waals surface area (Å²) in [5.74, 6) is 1.92. The van der Waals surface area contributed by atoms with Crippen LogP contribution in [0.4, 0.5) is 0 Å². The second kappa shape index (κ2) is 7.54. The fraction of sp³-hybridized carbons (Fsp3) is 0.400. The van der Waals surface area contributed by atoms with E-state index in [0.717, 1.165) is 12.0 Å². The van der Waals surface area contributed by atoms with Crippen LogP contribution in [0.15, 0.2) is 30.9 Å². The predicted molar refractivity (Wildman–Crippen MR) is 80.0 cm³/mol. The number of benzene rings is 1. The van der Waals surface area contributed by atoms with E-state index in [1.165, 1.54) is 0 Å². The maximum absolute atomic E-state index is 5.83. The second-order valence-electron chi connectivity index (χ2n) is 4.52. The summed E-state index contributed by atoms with van der Waals surface area (Å²) in [7, 11) is 3.23. The zero-order valence-corrected chi connectivity index (χ0v) is 12.4. The summed E-state index contributed by atoms with van der Waals surface area (Å²) in [5, 5.41) is 0. The van der Waals surface area contributed by atoms with Gasteiger partial charge < -0.3 is 24.5 Å². The predicted octanol–water partition coefficient (Wildman–Crippen LogP) is 1.48. The van der Waals surface area contributed by atoms with Gasteiger partial charge in [-0.25, -0.2) is 4.98 Å². The topological polar surface area (TPSA) is 71.5 Å². The van der Waals surface area contributed by atoms with Gasteiger partial charge in [0.05, 0.1) is 27.1 Å². The van der Waals surface area contributed by atoms with Crippen LogP contribution in [-0.4, -0.2) is 36.9 Å². The zero-order chi connectivity index (χ0) is 15.1. The van der Waals surface area contributed by atoms with Crippen LogP contribution in [0, 0.1) is 0 Å². The van der Waals surface area contributed by atoms with Crippen LogP contribution in [-0.2, 0) is 13.0 Å². The molecule has 0 atom stereocenters. The van der Waals surface area contributed by atoms with Crippen LogP contribution in [0.1, 0.15) is 5.56 Å². The Hall–Kier alpha value is -2.21. The van der Waals surface area contributed by atoms with E-state index >= 15 is 0 Å². The fourth-order valence-corrected chi connectivity index (χ4v) is 2.06. The van der Waals surface area contributed by atoms with Crippen molar-refractivity contribution in [3.63, 3.8) is 0 Å². The summed E-state index contributed by atoms with van der Waals surface area (Å²) in [5.41, 5.74) is 6.66. The number of imidazole rings is 1. The van der Waals surface area contributed by atoms with Crippen molar-refractivity contribution in [1.29, 1.82) is 0 Å². The lowest BCUT2D eigenvalue weighted by atomic mass is 10.1. The number of hydrogen-bond donors (Lipinski definition) is 1. The minimum atomic E-state index is 0.499. The first-order chi connectivity index (χ1) is 10.3. The van der Waals surface area contributed by atoms with Crippen LogP contribution in [0.2, 0.25) is 0 Å². The van der Waals surface area contributed by atoms with Crippen LogP contribution in [0.25, 0.3) is 0 Å². The largest absolute Gasteiger partial charge is 0.493 e. The molecule has 0 fully saturated rings. The summed E-state index contributed by atoms with van der Waals surface area (Å²) in [4.78, 5) is 3.99. The van der Waals surface area contributed by atoms with Crippen molar-refractivity contribution in [3.8, 4) is 17.2 Å². The first-order valence-corrected chi connectivity index (χ1v) is 6.82. The molecule has 1 aromatic heterocycles. The summed E-state index contributed by atoms with van der Waals surface area (Å²) >= 11 is 0. The maximum Gasteiger partial charge on any atom is 0.203 e. The Bertz CT molecular complexity index is 530. The Labute approximate surface area is 124 Å². The van der Waals surface area contributed by atoms with Gasteiger partial charge in [-0.3, -0.25) is 0 Å². The van der Waals surface area contributed by atoms with E-state index in [2.05, 4.69) is 4.98 Å². The molecule has 0 bridgehead atoms. The molecule has 2 aromatic rings. The molecule has 0 aliphatic rings. The third-order valence-corrected chi connectivity index (χ3v) is 3.11. The van der Waals surface area contributed by atoms with Crippen molar-refractivity contribution in [2.75, 3.05) is 27.4 Å². The molecule has 0 aliphatic heterocycles. The van der Waals surface area contributed by atoms with Gasteiger partial charge in [-0.2, -0.15) is 0 Å². The molecule has 6 heteroatoms. The van der Waals surface area contributed by atoms with Crippen LogP contribution in [0.5, 0.6) is 17.2 Å². The number of rotatable bonds is 8. The quantitative estimate of drug-likeness (QED) is 0.797. The van der Waals surface area contributed by atoms with Crippen LogP contribution < -0.4 is 19.9 Å². The lowest BCUT2D eigenvalue weighted by Crippen LogP contribution is -2.09. The van der Waals surface area contributed by atoms with Crippen molar-refractivity contribution in [2.24, 2.45) is 5.73 Å².